The molecule has 1 fully saturated rings. The SMILES string of the molecule is Cc1cccc(-c2ccc3cc(OC(=O)Nc4ccnc(Nc5ccc(OCCCN6CCN(C)CC6)c(F)c5)n4)ccc3c2)c1C. The number of nitrogens with zero attached hydrogens (tertiary/aromatic N) is 4. The number of carbonyl (C=O) groups excluding carboxylic acids is 1. The zero-order chi connectivity index (χ0) is 32.8. The first-order valence-corrected chi connectivity index (χ1v) is 15.8. The summed E-state index contributed by atoms with van der Waals surface area (Å²) < 4.78 is 26.0. The van der Waals surface area contributed by atoms with Crippen LogP contribution < -0.4 is 20.1 Å². The van der Waals surface area contributed by atoms with E-state index in [4.69, 9.17) is 9.47 Å². The van der Waals surface area contributed by atoms with Crippen molar-refractivity contribution in [3.05, 3.63) is 102 Å². The maximum Gasteiger partial charge on any atom is 0.418 e. The molecule has 9 nitrogen and oxygen atoms in total. The second-order valence-electron chi connectivity index (χ2n) is 11.9. The fraction of sp³-hybridized carbons (Fsp3) is 0.270. The van der Waals surface area contributed by atoms with Gasteiger partial charge in [0.1, 0.15) is 11.6 Å². The Labute approximate surface area is 274 Å². The number of aryl methyl sites for hydroxylation is 1. The van der Waals surface area contributed by atoms with Crippen LogP contribution >= 0.6 is 0 Å². The van der Waals surface area contributed by atoms with Gasteiger partial charge in [0.2, 0.25) is 5.95 Å². The molecule has 4 aromatic carbocycles. The van der Waals surface area contributed by atoms with E-state index >= 15 is 0 Å². The van der Waals surface area contributed by atoms with Gasteiger partial charge in [-0.1, -0.05) is 36.4 Å². The highest BCUT2D eigenvalue weighted by atomic mass is 19.1. The van der Waals surface area contributed by atoms with Crippen LogP contribution in [0.1, 0.15) is 17.5 Å². The molecule has 2 N–H and O–H groups in total. The summed E-state index contributed by atoms with van der Waals surface area (Å²) in [5, 5.41) is 7.59. The topological polar surface area (TPSA) is 91.8 Å². The maximum absolute atomic E-state index is 14.8. The molecular weight excluding hydrogens is 595 g/mol. The monoisotopic (exact) mass is 634 g/mol. The van der Waals surface area contributed by atoms with E-state index in [0.717, 1.165) is 55.5 Å². The van der Waals surface area contributed by atoms with Crippen molar-refractivity contribution in [2.24, 2.45) is 0 Å². The van der Waals surface area contributed by atoms with Crippen molar-refractivity contribution < 1.29 is 18.7 Å². The Kier molecular flexibility index (Phi) is 9.89. The first-order chi connectivity index (χ1) is 22.8. The second-order valence-corrected chi connectivity index (χ2v) is 11.9. The number of hydrogen-bond donors (Lipinski definition) is 2. The molecule has 10 heteroatoms. The number of carbonyl (C=O) groups is 1. The highest BCUT2D eigenvalue weighted by molar-refractivity contribution is 5.90. The number of benzene rings is 4. The molecule has 6 rings (SSSR count). The second kappa shape index (κ2) is 14.6. The molecule has 0 aliphatic carbocycles. The zero-order valence-corrected chi connectivity index (χ0v) is 26.9. The lowest BCUT2D eigenvalue weighted by atomic mass is 9.95. The normalized spacial score (nSPS) is 13.8. The van der Waals surface area contributed by atoms with Gasteiger partial charge in [-0.15, -0.1) is 0 Å². The van der Waals surface area contributed by atoms with Crippen LogP contribution in [0.25, 0.3) is 21.9 Å². The van der Waals surface area contributed by atoms with Gasteiger partial charge in [-0.2, -0.15) is 4.98 Å². The Morgan fingerprint density at radius 2 is 1.74 bits per heavy atom. The van der Waals surface area contributed by atoms with E-state index in [-0.39, 0.29) is 17.5 Å². The molecule has 1 saturated heterocycles. The maximum atomic E-state index is 14.8. The van der Waals surface area contributed by atoms with Gasteiger partial charge in [0.15, 0.2) is 11.6 Å². The standard InChI is InChI=1S/C37H39FN6O3/c1-25-6-4-7-32(26(25)2)29-9-8-28-23-31(12-10-27(28)22-29)47-37(45)42-35-14-15-39-36(41-35)40-30-11-13-34(33(38)24-30)46-21-5-16-44-19-17-43(3)18-20-44/h4,6-15,22-24H,5,16-21H2,1-3H3,(H2,39,40,41,42,45). The van der Waals surface area contributed by atoms with Gasteiger partial charge in [-0.25, -0.2) is 14.2 Å². The molecular formula is C37H39FN6O3. The van der Waals surface area contributed by atoms with Crippen molar-refractivity contribution in [3.8, 4) is 22.6 Å². The predicted octanol–water partition coefficient (Wildman–Crippen LogP) is 7.42. The van der Waals surface area contributed by atoms with Gasteiger partial charge in [0.05, 0.1) is 6.61 Å². The number of fused-ring (bicyclic) bond motifs is 1. The van der Waals surface area contributed by atoms with Crippen LogP contribution in [0, 0.1) is 19.7 Å². The van der Waals surface area contributed by atoms with Crippen LogP contribution in [0.3, 0.4) is 0 Å². The third kappa shape index (κ3) is 8.21. The van der Waals surface area contributed by atoms with Crippen molar-refractivity contribution in [3.63, 3.8) is 0 Å². The van der Waals surface area contributed by atoms with Gasteiger partial charge in [0.25, 0.3) is 0 Å². The van der Waals surface area contributed by atoms with Gasteiger partial charge in [-0.05, 0) is 96.7 Å². The number of halogens is 1. The third-order valence-corrected chi connectivity index (χ3v) is 8.48. The van der Waals surface area contributed by atoms with Crippen LogP contribution in [0.4, 0.5) is 26.6 Å². The van der Waals surface area contributed by atoms with Gasteiger partial charge in [-0.3, -0.25) is 5.32 Å². The number of likely N-dealkylation sites (N-methyl/N-ethyl adjacent to an activating group) is 1. The molecule has 0 atom stereocenters. The lowest BCUT2D eigenvalue weighted by Gasteiger charge is -2.32. The summed E-state index contributed by atoms with van der Waals surface area (Å²) in [4.78, 5) is 25.9. The Hall–Kier alpha value is -5.06. The number of rotatable bonds is 10. The highest BCUT2D eigenvalue weighted by Crippen LogP contribution is 2.30. The first kappa shape index (κ1) is 31.9. The van der Waals surface area contributed by atoms with Gasteiger partial charge in [0, 0.05) is 50.7 Å². The van der Waals surface area contributed by atoms with Crippen molar-refractivity contribution in [1.82, 2.24) is 19.8 Å². The van der Waals surface area contributed by atoms with Gasteiger partial charge >= 0.3 is 6.09 Å². The zero-order valence-electron chi connectivity index (χ0n) is 26.9. The van der Waals surface area contributed by atoms with Crippen LogP contribution in [0.2, 0.25) is 0 Å². The number of aromatic nitrogens is 2. The van der Waals surface area contributed by atoms with E-state index in [1.165, 1.54) is 29.0 Å². The molecule has 242 valence electrons. The average molecular weight is 635 g/mol. The van der Waals surface area contributed by atoms with Crippen molar-refractivity contribution in [2.75, 3.05) is 57.0 Å². The van der Waals surface area contributed by atoms with Crippen LogP contribution in [0.15, 0.2) is 85.1 Å². The first-order valence-electron chi connectivity index (χ1n) is 15.8. The Bertz CT molecular complexity index is 1880. The van der Waals surface area contributed by atoms with Gasteiger partial charge < -0.3 is 24.6 Å². The van der Waals surface area contributed by atoms with Crippen molar-refractivity contribution >= 4 is 34.3 Å². The summed E-state index contributed by atoms with van der Waals surface area (Å²) in [6.45, 7) is 9.85. The van der Waals surface area contributed by atoms with E-state index < -0.39 is 11.9 Å². The van der Waals surface area contributed by atoms with E-state index in [2.05, 4.69) is 81.6 Å². The molecule has 5 aromatic rings. The quantitative estimate of drug-likeness (QED) is 0.153. The minimum Gasteiger partial charge on any atom is -0.490 e. The number of anilines is 3. The Morgan fingerprint density at radius 1 is 0.936 bits per heavy atom. The minimum atomic E-state index is -0.693. The minimum absolute atomic E-state index is 0.188. The summed E-state index contributed by atoms with van der Waals surface area (Å²) in [6.07, 6.45) is 1.62. The predicted molar refractivity (Wildman–Crippen MR) is 184 cm³/mol. The van der Waals surface area contributed by atoms with Crippen molar-refractivity contribution in [1.29, 1.82) is 0 Å². The molecule has 0 radical (unpaired) electrons. The lowest BCUT2D eigenvalue weighted by Crippen LogP contribution is -2.44. The Morgan fingerprint density at radius 3 is 2.57 bits per heavy atom. The summed E-state index contributed by atoms with van der Waals surface area (Å²) in [7, 11) is 2.13. The number of nitrogens with one attached hydrogen (secondary N) is 2. The molecule has 0 unspecified atom stereocenters. The number of ether oxygens (including phenoxy) is 2. The summed E-state index contributed by atoms with van der Waals surface area (Å²) in [5.41, 5.74) is 5.29. The molecule has 2 heterocycles. The van der Waals surface area contributed by atoms with E-state index in [9.17, 15) is 9.18 Å². The average Bonchev–Trinajstić information content (AvgIpc) is 3.06. The molecule has 47 heavy (non-hydrogen) atoms. The van der Waals surface area contributed by atoms with E-state index in [1.807, 2.05) is 18.2 Å². The molecule has 0 saturated carbocycles. The van der Waals surface area contributed by atoms with E-state index in [0.29, 0.717) is 18.0 Å². The third-order valence-electron chi connectivity index (χ3n) is 8.48. The molecule has 1 aliphatic heterocycles. The number of piperazine rings is 1. The molecule has 0 spiro atoms. The molecule has 0 bridgehead atoms. The molecule has 1 amide bonds. The largest absolute Gasteiger partial charge is 0.490 e. The van der Waals surface area contributed by atoms with Crippen LogP contribution in [0.5, 0.6) is 11.5 Å². The fourth-order valence-corrected chi connectivity index (χ4v) is 5.61. The fourth-order valence-electron chi connectivity index (χ4n) is 5.61. The summed E-state index contributed by atoms with van der Waals surface area (Å²) in [5.74, 6) is 0.535. The Balaban J connectivity index is 1.01. The molecule has 1 aliphatic rings. The number of amides is 1. The van der Waals surface area contributed by atoms with Crippen LogP contribution in [-0.2, 0) is 0 Å². The van der Waals surface area contributed by atoms with Crippen molar-refractivity contribution in [2.45, 2.75) is 20.3 Å². The number of hydrogen-bond acceptors (Lipinski definition) is 8. The van der Waals surface area contributed by atoms with E-state index in [1.54, 1.807) is 24.3 Å². The smallest absolute Gasteiger partial charge is 0.418 e. The summed E-state index contributed by atoms with van der Waals surface area (Å²) >= 11 is 0. The van der Waals surface area contributed by atoms with Crippen LogP contribution in [-0.4, -0.2) is 72.2 Å². The highest BCUT2D eigenvalue weighted by Gasteiger charge is 2.14. The summed E-state index contributed by atoms with van der Waals surface area (Å²) in [6, 6.07) is 24.2. The molecule has 1 aromatic heterocycles. The lowest BCUT2D eigenvalue weighted by molar-refractivity contribution is 0.145.